The second-order valence-electron chi connectivity index (χ2n) is 8.38. The Bertz CT molecular complexity index is 1240. The van der Waals surface area contributed by atoms with Gasteiger partial charge < -0.3 is 23.9 Å². The Kier molecular flexibility index (Phi) is 6.45. The molecule has 1 unspecified atom stereocenters. The van der Waals surface area contributed by atoms with Crippen molar-refractivity contribution >= 4 is 17.4 Å². The molecule has 2 aromatic carbocycles. The van der Waals surface area contributed by atoms with E-state index in [9.17, 15) is 14.7 Å². The van der Waals surface area contributed by atoms with Crippen molar-refractivity contribution < 1.29 is 28.6 Å². The van der Waals surface area contributed by atoms with Gasteiger partial charge in [-0.05, 0) is 63.2 Å². The summed E-state index contributed by atoms with van der Waals surface area (Å²) in [5, 5.41) is 11.2. The highest BCUT2D eigenvalue weighted by atomic mass is 16.5. The van der Waals surface area contributed by atoms with Gasteiger partial charge in [0, 0.05) is 11.1 Å². The normalized spacial score (nSPS) is 17.4. The van der Waals surface area contributed by atoms with Crippen molar-refractivity contribution in [3.05, 3.63) is 88.9 Å². The maximum absolute atomic E-state index is 13.2. The number of likely N-dealkylation sites (tertiary alicyclic amines) is 1. The van der Waals surface area contributed by atoms with E-state index < -0.39 is 17.7 Å². The van der Waals surface area contributed by atoms with E-state index in [0.717, 1.165) is 5.56 Å². The summed E-state index contributed by atoms with van der Waals surface area (Å²) in [6.45, 7) is 5.73. The number of Topliss-reactive ketones (excluding diaryl/α,β-unsaturated/α-hetero) is 1. The molecule has 1 aliphatic heterocycles. The Hall–Kier alpha value is -4.00. The van der Waals surface area contributed by atoms with Crippen LogP contribution in [0.3, 0.4) is 0 Å². The lowest BCUT2D eigenvalue weighted by Gasteiger charge is -2.24. The number of furan rings is 1. The zero-order chi connectivity index (χ0) is 24.4. The zero-order valence-corrected chi connectivity index (χ0v) is 19.6. The molecule has 0 bridgehead atoms. The average molecular weight is 462 g/mol. The summed E-state index contributed by atoms with van der Waals surface area (Å²) in [4.78, 5) is 27.7. The Balaban J connectivity index is 1.79. The standard InChI is InChI=1S/C27H27NO6/c1-16(2)33-20-12-10-18(11-13-20)25(29)23-24(22-14-9-17(3)34-22)28(27(31)26(23)30)15-19-7-5-6-8-21(19)32-4/h5-14,16,24,29H,15H2,1-4H3/b25-23+. The van der Waals surface area contributed by atoms with E-state index in [1.165, 1.54) is 4.90 Å². The molecule has 0 aliphatic carbocycles. The number of nitrogens with zero attached hydrogens (tertiary/aromatic N) is 1. The van der Waals surface area contributed by atoms with Gasteiger partial charge >= 0.3 is 0 Å². The molecule has 1 saturated heterocycles. The van der Waals surface area contributed by atoms with E-state index in [4.69, 9.17) is 13.9 Å². The molecule has 0 saturated carbocycles. The molecule has 1 aromatic heterocycles. The van der Waals surface area contributed by atoms with E-state index >= 15 is 0 Å². The van der Waals surface area contributed by atoms with E-state index in [1.54, 1.807) is 56.5 Å². The molecule has 1 atom stereocenters. The van der Waals surface area contributed by atoms with Crippen molar-refractivity contribution in [2.75, 3.05) is 7.11 Å². The van der Waals surface area contributed by atoms with Crippen molar-refractivity contribution in [2.24, 2.45) is 0 Å². The number of carbonyl (C=O) groups is 2. The number of hydrogen-bond donors (Lipinski definition) is 1. The highest BCUT2D eigenvalue weighted by Crippen LogP contribution is 2.41. The molecule has 2 heterocycles. The smallest absolute Gasteiger partial charge is 0.296 e. The third-order valence-corrected chi connectivity index (χ3v) is 5.60. The van der Waals surface area contributed by atoms with Gasteiger partial charge in [0.2, 0.25) is 0 Å². The fourth-order valence-corrected chi connectivity index (χ4v) is 4.08. The van der Waals surface area contributed by atoms with Crippen LogP contribution < -0.4 is 9.47 Å². The van der Waals surface area contributed by atoms with Crippen LogP contribution >= 0.6 is 0 Å². The number of benzene rings is 2. The first-order valence-corrected chi connectivity index (χ1v) is 11.0. The summed E-state index contributed by atoms with van der Waals surface area (Å²) in [5.74, 6) is 0.512. The second-order valence-corrected chi connectivity index (χ2v) is 8.38. The predicted octanol–water partition coefficient (Wildman–Crippen LogP) is 5.01. The predicted molar refractivity (Wildman–Crippen MR) is 126 cm³/mol. The minimum Gasteiger partial charge on any atom is -0.507 e. The summed E-state index contributed by atoms with van der Waals surface area (Å²) < 4.78 is 16.9. The second kappa shape index (κ2) is 9.47. The van der Waals surface area contributed by atoms with E-state index in [0.29, 0.717) is 28.6 Å². The number of hydrogen-bond acceptors (Lipinski definition) is 6. The van der Waals surface area contributed by atoms with Gasteiger partial charge in [0.15, 0.2) is 0 Å². The first-order chi connectivity index (χ1) is 16.3. The molecular formula is C27H27NO6. The Morgan fingerprint density at radius 2 is 1.76 bits per heavy atom. The van der Waals surface area contributed by atoms with Crippen LogP contribution in [0.4, 0.5) is 0 Å². The highest BCUT2D eigenvalue weighted by molar-refractivity contribution is 6.46. The fraction of sp³-hybridized carbons (Fsp3) is 0.259. The van der Waals surface area contributed by atoms with Crippen LogP contribution in [0.15, 0.2) is 70.7 Å². The Labute approximate surface area is 198 Å². The quantitative estimate of drug-likeness (QED) is 0.302. The number of aliphatic hydroxyl groups excluding tert-OH is 1. The molecule has 3 aromatic rings. The number of amides is 1. The molecule has 1 fully saturated rings. The van der Waals surface area contributed by atoms with Gasteiger partial charge in [-0.2, -0.15) is 0 Å². The van der Waals surface area contributed by atoms with Gasteiger partial charge in [0.1, 0.15) is 34.8 Å². The first-order valence-electron chi connectivity index (χ1n) is 11.0. The number of ether oxygens (including phenoxy) is 2. The van der Waals surface area contributed by atoms with Crippen LogP contribution in [-0.2, 0) is 16.1 Å². The summed E-state index contributed by atoms with van der Waals surface area (Å²) >= 11 is 0. The number of rotatable bonds is 7. The third-order valence-electron chi connectivity index (χ3n) is 5.60. The summed E-state index contributed by atoms with van der Waals surface area (Å²) in [6.07, 6.45) is 0.00180. The van der Waals surface area contributed by atoms with Crippen molar-refractivity contribution in [1.29, 1.82) is 0 Å². The Morgan fingerprint density at radius 1 is 1.06 bits per heavy atom. The molecule has 0 radical (unpaired) electrons. The molecule has 1 amide bonds. The largest absolute Gasteiger partial charge is 0.507 e. The van der Waals surface area contributed by atoms with Crippen molar-refractivity contribution in [1.82, 2.24) is 4.90 Å². The number of ketones is 1. The number of aliphatic hydroxyl groups is 1. The van der Waals surface area contributed by atoms with Gasteiger partial charge in [0.05, 0.1) is 25.3 Å². The molecule has 4 rings (SSSR count). The topological polar surface area (TPSA) is 89.2 Å². The van der Waals surface area contributed by atoms with Gasteiger partial charge in [-0.3, -0.25) is 9.59 Å². The molecule has 7 heteroatoms. The lowest BCUT2D eigenvalue weighted by Crippen LogP contribution is -2.29. The lowest BCUT2D eigenvalue weighted by molar-refractivity contribution is -0.140. The van der Waals surface area contributed by atoms with Crippen LogP contribution in [0, 0.1) is 6.92 Å². The minimum atomic E-state index is -0.884. The van der Waals surface area contributed by atoms with E-state index in [-0.39, 0.29) is 24.0 Å². The van der Waals surface area contributed by atoms with E-state index in [2.05, 4.69) is 0 Å². The molecule has 0 spiro atoms. The molecule has 1 N–H and O–H groups in total. The van der Waals surface area contributed by atoms with Crippen molar-refractivity contribution in [3.8, 4) is 11.5 Å². The summed E-state index contributed by atoms with van der Waals surface area (Å²) in [7, 11) is 1.55. The molecule has 7 nitrogen and oxygen atoms in total. The number of methoxy groups -OCH3 is 1. The van der Waals surface area contributed by atoms with Gasteiger partial charge in [-0.15, -0.1) is 0 Å². The minimum absolute atomic E-state index is 0.00180. The molecule has 34 heavy (non-hydrogen) atoms. The highest BCUT2D eigenvalue weighted by Gasteiger charge is 2.47. The van der Waals surface area contributed by atoms with Crippen LogP contribution in [0.1, 0.15) is 42.5 Å². The summed E-state index contributed by atoms with van der Waals surface area (Å²) in [5.41, 5.74) is 1.11. The van der Waals surface area contributed by atoms with E-state index in [1.807, 2.05) is 32.0 Å². The summed E-state index contributed by atoms with van der Waals surface area (Å²) in [6, 6.07) is 16.6. The third kappa shape index (κ3) is 4.41. The maximum atomic E-state index is 13.2. The molecular weight excluding hydrogens is 434 g/mol. The lowest BCUT2D eigenvalue weighted by atomic mass is 9.99. The average Bonchev–Trinajstić information content (AvgIpc) is 3.35. The van der Waals surface area contributed by atoms with Crippen LogP contribution in [0.5, 0.6) is 11.5 Å². The van der Waals surface area contributed by atoms with Crippen molar-refractivity contribution in [2.45, 2.75) is 39.5 Å². The van der Waals surface area contributed by atoms with Gasteiger partial charge in [-0.25, -0.2) is 0 Å². The number of para-hydroxylation sites is 1. The monoisotopic (exact) mass is 461 g/mol. The van der Waals surface area contributed by atoms with Crippen LogP contribution in [-0.4, -0.2) is 34.9 Å². The van der Waals surface area contributed by atoms with Gasteiger partial charge in [0.25, 0.3) is 11.7 Å². The van der Waals surface area contributed by atoms with Gasteiger partial charge in [-0.1, -0.05) is 18.2 Å². The van der Waals surface area contributed by atoms with Crippen molar-refractivity contribution in [3.63, 3.8) is 0 Å². The SMILES string of the molecule is COc1ccccc1CN1C(=O)C(=O)/C(=C(/O)c2ccc(OC(C)C)cc2)C1c1ccc(C)o1. The van der Waals surface area contributed by atoms with Crippen LogP contribution in [0.25, 0.3) is 5.76 Å². The zero-order valence-electron chi connectivity index (χ0n) is 19.6. The molecule has 176 valence electrons. The molecule has 1 aliphatic rings. The van der Waals surface area contributed by atoms with Crippen LogP contribution in [0.2, 0.25) is 0 Å². The Morgan fingerprint density at radius 3 is 2.38 bits per heavy atom. The number of carbonyl (C=O) groups excluding carboxylic acids is 2. The fourth-order valence-electron chi connectivity index (χ4n) is 4.08. The first kappa shape index (κ1) is 23.2. The number of aryl methyl sites for hydroxylation is 1. The maximum Gasteiger partial charge on any atom is 0.296 e.